The second-order valence-electron chi connectivity index (χ2n) is 4.57. The first-order chi connectivity index (χ1) is 9.92. The lowest BCUT2D eigenvalue weighted by molar-refractivity contribution is 0.567. The molecule has 0 spiro atoms. The number of hydrogen-bond donors (Lipinski definition) is 1. The van der Waals surface area contributed by atoms with Crippen LogP contribution in [0.5, 0.6) is 0 Å². The summed E-state index contributed by atoms with van der Waals surface area (Å²) >= 11 is 4.95. The van der Waals surface area contributed by atoms with Crippen LogP contribution in [0.4, 0.5) is 0 Å². The standard InChI is InChI=1S/C15H16BrNO2S2/c1-11(12-3-7-14(20-2)8-4-12)17-21(18,19)15-9-5-13(16)6-10-15/h3-11,17H,1-2H3/t11-/m0/s1. The Morgan fingerprint density at radius 1 is 1.05 bits per heavy atom. The Kier molecular flexibility index (Phi) is 5.48. The summed E-state index contributed by atoms with van der Waals surface area (Å²) < 4.78 is 28.2. The van der Waals surface area contributed by atoms with Crippen LogP contribution in [-0.4, -0.2) is 14.7 Å². The summed E-state index contributed by atoms with van der Waals surface area (Å²) in [5, 5.41) is 0. The smallest absolute Gasteiger partial charge is 0.207 e. The summed E-state index contributed by atoms with van der Waals surface area (Å²) in [6.45, 7) is 1.84. The largest absolute Gasteiger partial charge is 0.241 e. The van der Waals surface area contributed by atoms with Gasteiger partial charge in [0.1, 0.15) is 0 Å². The molecule has 0 radical (unpaired) electrons. The predicted molar refractivity (Wildman–Crippen MR) is 91.1 cm³/mol. The van der Waals surface area contributed by atoms with Crippen LogP contribution in [0.15, 0.2) is 62.8 Å². The van der Waals surface area contributed by atoms with E-state index in [0.717, 1.165) is 14.9 Å². The SMILES string of the molecule is CSc1ccc([C@H](C)NS(=O)(=O)c2ccc(Br)cc2)cc1. The molecular formula is C15H16BrNO2S2. The first kappa shape index (κ1) is 16.5. The highest BCUT2D eigenvalue weighted by Gasteiger charge is 2.18. The van der Waals surface area contributed by atoms with Gasteiger partial charge < -0.3 is 0 Å². The Morgan fingerprint density at radius 2 is 1.62 bits per heavy atom. The number of benzene rings is 2. The van der Waals surface area contributed by atoms with Crippen molar-refractivity contribution in [1.82, 2.24) is 4.72 Å². The molecule has 0 bridgehead atoms. The minimum atomic E-state index is -3.52. The molecule has 1 atom stereocenters. The van der Waals surface area contributed by atoms with Crippen LogP contribution in [0.3, 0.4) is 0 Å². The van der Waals surface area contributed by atoms with Gasteiger partial charge in [-0.05, 0) is 55.1 Å². The van der Waals surface area contributed by atoms with Gasteiger partial charge in [0.15, 0.2) is 0 Å². The summed E-state index contributed by atoms with van der Waals surface area (Å²) in [5.74, 6) is 0. The monoisotopic (exact) mass is 385 g/mol. The van der Waals surface area contributed by atoms with Crippen molar-refractivity contribution >= 4 is 37.7 Å². The number of hydrogen-bond acceptors (Lipinski definition) is 3. The van der Waals surface area contributed by atoms with Gasteiger partial charge in [0, 0.05) is 15.4 Å². The fourth-order valence-electron chi connectivity index (χ4n) is 1.88. The summed E-state index contributed by atoms with van der Waals surface area (Å²) in [7, 11) is -3.52. The molecule has 2 rings (SSSR count). The average Bonchev–Trinajstić information content (AvgIpc) is 2.47. The molecule has 0 aliphatic carbocycles. The van der Waals surface area contributed by atoms with Gasteiger partial charge >= 0.3 is 0 Å². The second-order valence-corrected chi connectivity index (χ2v) is 8.08. The van der Waals surface area contributed by atoms with Crippen molar-refractivity contribution in [3.63, 3.8) is 0 Å². The van der Waals surface area contributed by atoms with E-state index in [2.05, 4.69) is 20.7 Å². The van der Waals surface area contributed by atoms with Gasteiger partial charge in [-0.2, -0.15) is 0 Å². The van der Waals surface area contributed by atoms with E-state index >= 15 is 0 Å². The van der Waals surface area contributed by atoms with E-state index in [4.69, 9.17) is 0 Å². The molecule has 0 aromatic heterocycles. The highest BCUT2D eigenvalue weighted by molar-refractivity contribution is 9.10. The quantitative estimate of drug-likeness (QED) is 0.783. The number of nitrogens with one attached hydrogen (secondary N) is 1. The Balaban J connectivity index is 2.17. The van der Waals surface area contributed by atoms with Crippen molar-refractivity contribution in [1.29, 1.82) is 0 Å². The van der Waals surface area contributed by atoms with Crippen LogP contribution in [0.1, 0.15) is 18.5 Å². The van der Waals surface area contributed by atoms with Crippen LogP contribution in [0.25, 0.3) is 0 Å². The van der Waals surface area contributed by atoms with Crippen LogP contribution >= 0.6 is 27.7 Å². The molecule has 2 aromatic carbocycles. The van der Waals surface area contributed by atoms with Crippen molar-refractivity contribution in [2.24, 2.45) is 0 Å². The zero-order valence-corrected chi connectivity index (χ0v) is 14.9. The molecule has 0 aliphatic rings. The topological polar surface area (TPSA) is 46.2 Å². The molecule has 0 heterocycles. The first-order valence-electron chi connectivity index (χ1n) is 6.34. The Bertz CT molecular complexity index is 697. The average molecular weight is 386 g/mol. The summed E-state index contributed by atoms with van der Waals surface area (Å²) in [5.41, 5.74) is 0.938. The van der Waals surface area contributed by atoms with E-state index in [1.54, 1.807) is 36.0 Å². The van der Waals surface area contributed by atoms with Gasteiger partial charge in [-0.3, -0.25) is 0 Å². The van der Waals surface area contributed by atoms with Crippen molar-refractivity contribution < 1.29 is 8.42 Å². The van der Waals surface area contributed by atoms with E-state index in [0.29, 0.717) is 0 Å². The van der Waals surface area contributed by atoms with Crippen LogP contribution < -0.4 is 4.72 Å². The summed E-state index contributed by atoms with van der Waals surface area (Å²) in [6.07, 6.45) is 2.01. The fourth-order valence-corrected chi connectivity index (χ4v) is 3.78. The molecule has 112 valence electrons. The van der Waals surface area contributed by atoms with E-state index in [-0.39, 0.29) is 10.9 Å². The molecule has 0 aliphatic heterocycles. The molecule has 3 nitrogen and oxygen atoms in total. The van der Waals surface area contributed by atoms with Gasteiger partial charge in [0.25, 0.3) is 0 Å². The molecule has 2 aromatic rings. The Hall–Kier alpha value is -0.820. The minimum absolute atomic E-state index is 0.262. The lowest BCUT2D eigenvalue weighted by Gasteiger charge is -2.15. The highest BCUT2D eigenvalue weighted by Crippen LogP contribution is 2.21. The summed E-state index contributed by atoms with van der Waals surface area (Å²) in [6, 6.07) is 14.2. The first-order valence-corrected chi connectivity index (χ1v) is 9.84. The van der Waals surface area contributed by atoms with E-state index < -0.39 is 10.0 Å². The van der Waals surface area contributed by atoms with Gasteiger partial charge in [-0.25, -0.2) is 13.1 Å². The molecule has 0 fully saturated rings. The van der Waals surface area contributed by atoms with Crippen LogP contribution in [0.2, 0.25) is 0 Å². The molecular weight excluding hydrogens is 370 g/mol. The van der Waals surface area contributed by atoms with E-state index in [1.807, 2.05) is 37.4 Å². The third-order valence-electron chi connectivity index (χ3n) is 3.07. The highest BCUT2D eigenvalue weighted by atomic mass is 79.9. The van der Waals surface area contributed by atoms with Crippen molar-refractivity contribution in [2.45, 2.75) is 22.8 Å². The van der Waals surface area contributed by atoms with Gasteiger partial charge in [0.2, 0.25) is 10.0 Å². The lowest BCUT2D eigenvalue weighted by atomic mass is 10.1. The van der Waals surface area contributed by atoms with Gasteiger partial charge in [0.05, 0.1) is 4.90 Å². The molecule has 0 saturated heterocycles. The van der Waals surface area contributed by atoms with Crippen molar-refractivity contribution in [2.75, 3.05) is 6.26 Å². The molecule has 0 amide bonds. The summed E-state index contributed by atoms with van der Waals surface area (Å²) in [4.78, 5) is 1.42. The maximum atomic E-state index is 12.3. The van der Waals surface area contributed by atoms with Gasteiger partial charge in [-0.1, -0.05) is 28.1 Å². The number of sulfonamides is 1. The maximum absolute atomic E-state index is 12.3. The fraction of sp³-hybridized carbons (Fsp3) is 0.200. The number of rotatable bonds is 5. The zero-order chi connectivity index (χ0) is 15.5. The second kappa shape index (κ2) is 6.96. The molecule has 1 N–H and O–H groups in total. The zero-order valence-electron chi connectivity index (χ0n) is 11.7. The minimum Gasteiger partial charge on any atom is -0.207 e. The Labute approximate surface area is 138 Å². The number of thioether (sulfide) groups is 1. The van der Waals surface area contributed by atoms with E-state index in [1.165, 1.54) is 0 Å². The molecule has 6 heteroatoms. The Morgan fingerprint density at radius 3 is 2.14 bits per heavy atom. The van der Waals surface area contributed by atoms with Crippen LogP contribution in [0, 0.1) is 0 Å². The third-order valence-corrected chi connectivity index (χ3v) is 5.90. The van der Waals surface area contributed by atoms with Crippen molar-refractivity contribution in [3.05, 3.63) is 58.6 Å². The van der Waals surface area contributed by atoms with E-state index in [9.17, 15) is 8.42 Å². The molecule has 21 heavy (non-hydrogen) atoms. The maximum Gasteiger partial charge on any atom is 0.241 e. The predicted octanol–water partition coefficient (Wildman–Crippen LogP) is 4.21. The normalized spacial score (nSPS) is 13.1. The molecule has 0 unspecified atom stereocenters. The van der Waals surface area contributed by atoms with Crippen LogP contribution in [-0.2, 0) is 10.0 Å². The molecule has 0 saturated carbocycles. The van der Waals surface area contributed by atoms with Crippen molar-refractivity contribution in [3.8, 4) is 0 Å². The third kappa shape index (κ3) is 4.32. The number of halogens is 1. The lowest BCUT2D eigenvalue weighted by Crippen LogP contribution is -2.26. The van der Waals surface area contributed by atoms with Gasteiger partial charge in [-0.15, -0.1) is 11.8 Å².